The van der Waals surface area contributed by atoms with Crippen LogP contribution in [-0.2, 0) is 20.8 Å². The molecule has 1 aliphatic carbocycles. The minimum Gasteiger partial charge on any atom is -0.425 e. The first kappa shape index (κ1) is 23.3. The lowest BCUT2D eigenvalue weighted by molar-refractivity contribution is -0.153. The molecule has 1 saturated carbocycles. The topological polar surface area (TPSA) is 75.7 Å². The summed E-state index contributed by atoms with van der Waals surface area (Å²) < 4.78 is 5.84. The van der Waals surface area contributed by atoms with Crippen molar-refractivity contribution in [1.82, 2.24) is 4.90 Å². The number of likely N-dealkylation sites (tertiary alicyclic amines) is 1. The molecule has 2 amide bonds. The van der Waals surface area contributed by atoms with Gasteiger partial charge in [-0.3, -0.25) is 14.5 Å². The van der Waals surface area contributed by atoms with Crippen molar-refractivity contribution in [3.63, 3.8) is 0 Å². The van der Waals surface area contributed by atoms with E-state index in [-0.39, 0.29) is 35.6 Å². The Labute approximate surface area is 206 Å². The molecule has 2 aromatic carbocycles. The zero-order chi connectivity index (χ0) is 24.7. The van der Waals surface area contributed by atoms with Gasteiger partial charge in [0.2, 0.25) is 11.8 Å². The summed E-state index contributed by atoms with van der Waals surface area (Å²) in [5, 5.41) is 3.47. The molecule has 5 rings (SSSR count). The van der Waals surface area contributed by atoms with E-state index in [1.54, 1.807) is 6.07 Å². The monoisotopic (exact) mass is 472 g/mol. The Morgan fingerprint density at radius 3 is 2.37 bits per heavy atom. The van der Waals surface area contributed by atoms with E-state index in [9.17, 15) is 14.4 Å². The minimum absolute atomic E-state index is 0.163. The van der Waals surface area contributed by atoms with Gasteiger partial charge in [0.1, 0.15) is 11.8 Å². The van der Waals surface area contributed by atoms with Crippen LogP contribution in [0.4, 0.5) is 5.69 Å². The number of esters is 1. The van der Waals surface area contributed by atoms with Crippen molar-refractivity contribution in [2.45, 2.75) is 64.5 Å². The molecule has 1 N–H and O–H groups in total. The maximum absolute atomic E-state index is 13.6. The number of imide groups is 1. The molecule has 0 aromatic heterocycles. The van der Waals surface area contributed by atoms with Crippen LogP contribution >= 0.6 is 0 Å². The Morgan fingerprint density at radius 2 is 1.71 bits per heavy atom. The van der Waals surface area contributed by atoms with E-state index in [0.717, 1.165) is 35.2 Å². The van der Waals surface area contributed by atoms with Crippen LogP contribution in [0.2, 0.25) is 0 Å². The van der Waals surface area contributed by atoms with Gasteiger partial charge < -0.3 is 10.1 Å². The third-order valence-corrected chi connectivity index (χ3v) is 7.40. The van der Waals surface area contributed by atoms with E-state index in [1.807, 2.05) is 49.4 Å². The van der Waals surface area contributed by atoms with Crippen LogP contribution in [0.3, 0.4) is 0 Å². The molecule has 6 nitrogen and oxygen atoms in total. The zero-order valence-corrected chi connectivity index (χ0v) is 20.5. The molecule has 0 spiro atoms. The van der Waals surface area contributed by atoms with Gasteiger partial charge in [-0.25, -0.2) is 4.79 Å². The van der Waals surface area contributed by atoms with Gasteiger partial charge in [-0.1, -0.05) is 49.2 Å². The van der Waals surface area contributed by atoms with Crippen molar-refractivity contribution in [2.75, 3.05) is 5.32 Å². The number of amides is 2. The predicted molar refractivity (Wildman–Crippen MR) is 135 cm³/mol. The molecule has 0 unspecified atom stereocenters. The fourth-order valence-electron chi connectivity index (χ4n) is 5.82. The number of hydrogen-bond acceptors (Lipinski definition) is 5. The molecule has 182 valence electrons. The maximum Gasteiger partial charge on any atom is 0.335 e. The van der Waals surface area contributed by atoms with Crippen LogP contribution in [0.5, 0.6) is 5.75 Å². The summed E-state index contributed by atoms with van der Waals surface area (Å²) in [6.45, 7) is 6.24. The summed E-state index contributed by atoms with van der Waals surface area (Å²) in [6, 6.07) is 14.0. The molecule has 2 heterocycles. The van der Waals surface area contributed by atoms with E-state index in [4.69, 9.17) is 4.74 Å². The SMILES string of the molecule is CC1=CC(C)(C)Nc2ccc(OC(=O)[C@H](Cc3ccccc3)N3C(=O)[C@H]4CCCC[C@@H]4C3=O)cc21. The number of benzene rings is 2. The predicted octanol–water partition coefficient (Wildman–Crippen LogP) is 4.99. The normalized spacial score (nSPS) is 23.6. The van der Waals surface area contributed by atoms with E-state index < -0.39 is 12.0 Å². The number of nitrogens with zero attached hydrogens (tertiary/aromatic N) is 1. The highest BCUT2D eigenvalue weighted by Crippen LogP contribution is 2.40. The number of carbonyl (C=O) groups excluding carboxylic acids is 3. The molecule has 6 heteroatoms. The number of rotatable bonds is 5. The summed E-state index contributed by atoms with van der Waals surface area (Å²) in [5.74, 6) is -1.26. The number of hydrogen-bond donors (Lipinski definition) is 1. The first-order valence-electron chi connectivity index (χ1n) is 12.5. The average Bonchev–Trinajstić information content (AvgIpc) is 3.08. The quantitative estimate of drug-likeness (QED) is 0.377. The van der Waals surface area contributed by atoms with Crippen molar-refractivity contribution in [1.29, 1.82) is 0 Å². The van der Waals surface area contributed by atoms with E-state index >= 15 is 0 Å². The fraction of sp³-hybridized carbons (Fsp3) is 0.414. The standard InChI is InChI=1S/C29H32N2O4/c1-18-17-29(2,3)30-24-14-13-20(16-23(18)24)35-28(34)25(15-19-9-5-4-6-10-19)31-26(32)21-11-7-8-12-22(21)27(31)33/h4-6,9-10,13-14,16-17,21-22,25,30H,7-8,11-12,15H2,1-3H3/t21-,22-,25-/m0/s1. The summed E-state index contributed by atoms with van der Waals surface area (Å²) in [7, 11) is 0. The van der Waals surface area contributed by atoms with Crippen molar-refractivity contribution in [3.05, 3.63) is 65.7 Å². The number of nitrogens with one attached hydrogen (secondary N) is 1. The maximum atomic E-state index is 13.6. The minimum atomic E-state index is -0.993. The third-order valence-electron chi connectivity index (χ3n) is 7.40. The van der Waals surface area contributed by atoms with E-state index in [1.165, 1.54) is 4.90 Å². The molecular formula is C29H32N2O4. The summed E-state index contributed by atoms with van der Waals surface area (Å²) >= 11 is 0. The van der Waals surface area contributed by atoms with Crippen LogP contribution in [0.15, 0.2) is 54.6 Å². The smallest absolute Gasteiger partial charge is 0.335 e. The second kappa shape index (κ2) is 8.99. The molecule has 1 saturated heterocycles. The third kappa shape index (κ3) is 4.49. The van der Waals surface area contributed by atoms with Gasteiger partial charge in [0.05, 0.1) is 17.4 Å². The van der Waals surface area contributed by atoms with Crippen LogP contribution in [0.25, 0.3) is 5.57 Å². The number of anilines is 1. The highest BCUT2D eigenvalue weighted by molar-refractivity contribution is 6.08. The molecule has 2 aromatic rings. The van der Waals surface area contributed by atoms with Crippen LogP contribution in [-0.4, -0.2) is 34.3 Å². The zero-order valence-electron chi connectivity index (χ0n) is 20.5. The lowest BCUT2D eigenvalue weighted by Gasteiger charge is -2.31. The van der Waals surface area contributed by atoms with Gasteiger partial charge in [-0.05, 0) is 62.9 Å². The van der Waals surface area contributed by atoms with Gasteiger partial charge >= 0.3 is 5.97 Å². The average molecular weight is 473 g/mol. The lowest BCUT2D eigenvalue weighted by atomic mass is 9.81. The number of carbonyl (C=O) groups is 3. The Bertz CT molecular complexity index is 1180. The Hall–Kier alpha value is -3.41. The fourth-order valence-corrected chi connectivity index (χ4v) is 5.82. The number of allylic oxidation sites excluding steroid dienone is 1. The Kier molecular flexibility index (Phi) is 5.99. The molecule has 0 bridgehead atoms. The van der Waals surface area contributed by atoms with Gasteiger partial charge in [-0.15, -0.1) is 0 Å². The van der Waals surface area contributed by atoms with Crippen LogP contribution in [0.1, 0.15) is 57.6 Å². The highest BCUT2D eigenvalue weighted by atomic mass is 16.5. The summed E-state index contributed by atoms with van der Waals surface area (Å²) in [6.07, 6.45) is 5.67. The van der Waals surface area contributed by atoms with Crippen LogP contribution in [0, 0.1) is 11.8 Å². The Morgan fingerprint density at radius 1 is 1.06 bits per heavy atom. The first-order valence-corrected chi connectivity index (χ1v) is 12.5. The molecular weight excluding hydrogens is 440 g/mol. The lowest BCUT2D eigenvalue weighted by Crippen LogP contribution is -2.48. The molecule has 3 aliphatic rings. The first-order chi connectivity index (χ1) is 16.7. The van der Waals surface area contributed by atoms with E-state index in [2.05, 4.69) is 25.2 Å². The van der Waals surface area contributed by atoms with E-state index in [0.29, 0.717) is 18.6 Å². The Balaban J connectivity index is 1.44. The molecule has 35 heavy (non-hydrogen) atoms. The second-order valence-electron chi connectivity index (χ2n) is 10.6. The molecule has 2 fully saturated rings. The molecule has 0 radical (unpaired) electrons. The van der Waals surface area contributed by atoms with Gasteiger partial charge in [0.15, 0.2) is 0 Å². The number of fused-ring (bicyclic) bond motifs is 2. The van der Waals surface area contributed by atoms with Gasteiger partial charge in [0, 0.05) is 17.7 Å². The molecule has 3 atom stereocenters. The summed E-state index contributed by atoms with van der Waals surface area (Å²) in [4.78, 5) is 41.4. The van der Waals surface area contributed by atoms with Crippen LogP contribution < -0.4 is 10.1 Å². The summed E-state index contributed by atoms with van der Waals surface area (Å²) in [5.41, 5.74) is 3.75. The van der Waals surface area contributed by atoms with Crippen molar-refractivity contribution in [2.24, 2.45) is 11.8 Å². The van der Waals surface area contributed by atoms with Crippen molar-refractivity contribution < 1.29 is 19.1 Å². The second-order valence-corrected chi connectivity index (χ2v) is 10.6. The highest BCUT2D eigenvalue weighted by Gasteiger charge is 2.52. The van der Waals surface area contributed by atoms with Crippen molar-refractivity contribution >= 4 is 29.0 Å². The molecule has 2 aliphatic heterocycles. The van der Waals surface area contributed by atoms with Gasteiger partial charge in [0.25, 0.3) is 0 Å². The van der Waals surface area contributed by atoms with Gasteiger partial charge in [-0.2, -0.15) is 0 Å². The van der Waals surface area contributed by atoms with Crippen molar-refractivity contribution in [3.8, 4) is 5.75 Å². The largest absolute Gasteiger partial charge is 0.425 e. The number of ether oxygens (including phenoxy) is 1.